The first kappa shape index (κ1) is 16.8. The highest BCUT2D eigenvalue weighted by Gasteiger charge is 2.23. The molecule has 1 aromatic rings. The van der Waals surface area contributed by atoms with Gasteiger partial charge < -0.3 is 10.2 Å². The van der Waals surface area contributed by atoms with Gasteiger partial charge in [0.25, 0.3) is 0 Å². The average Bonchev–Trinajstić information content (AvgIpc) is 2.31. The van der Waals surface area contributed by atoms with Crippen molar-refractivity contribution in [1.29, 1.82) is 0 Å². The summed E-state index contributed by atoms with van der Waals surface area (Å²) in [6.45, 7) is 8.89. The molecule has 21 heavy (non-hydrogen) atoms. The van der Waals surface area contributed by atoms with E-state index in [9.17, 15) is 19.8 Å². The zero-order valence-electron chi connectivity index (χ0n) is 13.0. The summed E-state index contributed by atoms with van der Waals surface area (Å²) in [7, 11) is 0. The number of carbonyl (C=O) groups is 2. The van der Waals surface area contributed by atoms with Gasteiger partial charge in [-0.1, -0.05) is 6.07 Å². The molecule has 2 N–H and O–H groups in total. The Hall–Kier alpha value is -2.24. The summed E-state index contributed by atoms with van der Waals surface area (Å²) in [6.07, 6.45) is -2.12. The molecular formula is C15H22N2O4. The van der Waals surface area contributed by atoms with Gasteiger partial charge in [-0.25, -0.2) is 9.59 Å². The highest BCUT2D eigenvalue weighted by molar-refractivity contribution is 5.91. The van der Waals surface area contributed by atoms with Gasteiger partial charge in [-0.2, -0.15) is 0 Å². The van der Waals surface area contributed by atoms with Crippen molar-refractivity contribution >= 4 is 23.6 Å². The molecule has 6 heteroatoms. The van der Waals surface area contributed by atoms with Crippen LogP contribution in [0.15, 0.2) is 18.2 Å². The number of benzene rings is 1. The lowest BCUT2D eigenvalue weighted by atomic mass is 10.1. The van der Waals surface area contributed by atoms with Crippen LogP contribution in [0.5, 0.6) is 0 Å². The van der Waals surface area contributed by atoms with Gasteiger partial charge in [0, 0.05) is 17.8 Å². The topological polar surface area (TPSA) is 81.1 Å². The maximum atomic E-state index is 11.4. The minimum absolute atomic E-state index is 0.240. The van der Waals surface area contributed by atoms with E-state index in [1.165, 1.54) is 9.80 Å². The van der Waals surface area contributed by atoms with Crippen LogP contribution < -0.4 is 9.80 Å². The number of anilines is 2. The Morgan fingerprint density at radius 1 is 0.952 bits per heavy atom. The van der Waals surface area contributed by atoms with Crippen molar-refractivity contribution in [1.82, 2.24) is 0 Å². The van der Waals surface area contributed by atoms with E-state index in [0.29, 0.717) is 11.4 Å². The van der Waals surface area contributed by atoms with Gasteiger partial charge in [0.1, 0.15) is 0 Å². The number of amides is 2. The van der Waals surface area contributed by atoms with Gasteiger partial charge in [-0.3, -0.25) is 9.80 Å². The third-order valence-electron chi connectivity index (χ3n) is 3.18. The Morgan fingerprint density at radius 3 is 1.81 bits per heavy atom. The van der Waals surface area contributed by atoms with Gasteiger partial charge in [0.05, 0.1) is 5.69 Å². The lowest BCUT2D eigenvalue weighted by Gasteiger charge is -2.28. The lowest BCUT2D eigenvalue weighted by Crippen LogP contribution is -2.38. The van der Waals surface area contributed by atoms with Crippen LogP contribution in [0.4, 0.5) is 21.0 Å². The van der Waals surface area contributed by atoms with E-state index in [0.717, 1.165) is 5.56 Å². The summed E-state index contributed by atoms with van der Waals surface area (Å²) in [6, 6.07) is 4.55. The summed E-state index contributed by atoms with van der Waals surface area (Å²) in [4.78, 5) is 25.3. The zero-order chi connectivity index (χ0) is 16.3. The van der Waals surface area contributed by atoms with Crippen molar-refractivity contribution in [2.45, 2.75) is 46.7 Å². The smallest absolute Gasteiger partial charge is 0.412 e. The molecule has 0 aliphatic rings. The Balaban J connectivity index is 3.39. The Labute approximate surface area is 124 Å². The second-order valence-electron chi connectivity index (χ2n) is 5.46. The molecule has 6 nitrogen and oxygen atoms in total. The molecule has 0 aliphatic heterocycles. The molecule has 1 rings (SSSR count). The van der Waals surface area contributed by atoms with Gasteiger partial charge in [-0.15, -0.1) is 0 Å². The second-order valence-corrected chi connectivity index (χ2v) is 5.46. The van der Waals surface area contributed by atoms with Crippen molar-refractivity contribution in [2.75, 3.05) is 9.80 Å². The van der Waals surface area contributed by atoms with E-state index >= 15 is 0 Å². The number of nitrogens with zero attached hydrogens (tertiary/aromatic N) is 2. The molecule has 0 atom stereocenters. The minimum Gasteiger partial charge on any atom is -0.465 e. The number of hydrogen-bond donors (Lipinski definition) is 2. The molecule has 116 valence electrons. The number of rotatable bonds is 4. The van der Waals surface area contributed by atoms with E-state index < -0.39 is 12.2 Å². The van der Waals surface area contributed by atoms with Crippen LogP contribution in [0.2, 0.25) is 0 Å². The highest BCUT2D eigenvalue weighted by atomic mass is 16.4. The average molecular weight is 294 g/mol. The van der Waals surface area contributed by atoms with Crippen molar-refractivity contribution < 1.29 is 19.8 Å². The van der Waals surface area contributed by atoms with Crippen LogP contribution in [0.1, 0.15) is 33.3 Å². The standard InChI is InChI=1S/C15H22N2O4/c1-9(2)16(14(18)19)12-7-6-11(5)13(8-12)17(10(3)4)15(20)21/h6-10H,1-5H3,(H,18,19)(H,20,21). The van der Waals surface area contributed by atoms with Crippen molar-refractivity contribution in [3.63, 3.8) is 0 Å². The predicted octanol–water partition coefficient (Wildman–Crippen LogP) is 3.78. The molecular weight excluding hydrogens is 272 g/mol. The zero-order valence-corrected chi connectivity index (χ0v) is 13.0. The monoisotopic (exact) mass is 294 g/mol. The van der Waals surface area contributed by atoms with Gasteiger partial charge >= 0.3 is 12.2 Å². The van der Waals surface area contributed by atoms with Crippen molar-refractivity contribution in [3.05, 3.63) is 23.8 Å². The molecule has 0 saturated heterocycles. The van der Waals surface area contributed by atoms with Crippen LogP contribution >= 0.6 is 0 Å². The molecule has 0 aliphatic carbocycles. The summed E-state index contributed by atoms with van der Waals surface area (Å²) >= 11 is 0. The van der Waals surface area contributed by atoms with E-state index in [4.69, 9.17) is 0 Å². The van der Waals surface area contributed by atoms with Crippen LogP contribution in [-0.4, -0.2) is 34.5 Å². The van der Waals surface area contributed by atoms with Crippen molar-refractivity contribution in [2.24, 2.45) is 0 Å². The molecule has 0 saturated carbocycles. The Bertz CT molecular complexity index is 540. The summed E-state index contributed by atoms with van der Waals surface area (Å²) < 4.78 is 0. The van der Waals surface area contributed by atoms with Gasteiger partial charge in [0.15, 0.2) is 0 Å². The van der Waals surface area contributed by atoms with Crippen LogP contribution in [0.25, 0.3) is 0 Å². The molecule has 0 radical (unpaired) electrons. The van der Waals surface area contributed by atoms with Gasteiger partial charge in [0.2, 0.25) is 0 Å². The summed E-state index contributed by atoms with van der Waals surface area (Å²) in [5.41, 5.74) is 1.75. The summed E-state index contributed by atoms with van der Waals surface area (Å²) in [5.74, 6) is 0. The third kappa shape index (κ3) is 3.65. The first-order valence-corrected chi connectivity index (χ1v) is 6.81. The van der Waals surface area contributed by atoms with Gasteiger partial charge in [-0.05, 0) is 52.3 Å². The van der Waals surface area contributed by atoms with Crippen LogP contribution in [0, 0.1) is 6.92 Å². The van der Waals surface area contributed by atoms with E-state index in [1.54, 1.807) is 52.8 Å². The fourth-order valence-electron chi connectivity index (χ4n) is 2.24. The van der Waals surface area contributed by atoms with E-state index in [2.05, 4.69) is 0 Å². The van der Waals surface area contributed by atoms with Crippen molar-refractivity contribution in [3.8, 4) is 0 Å². The molecule has 2 amide bonds. The SMILES string of the molecule is Cc1ccc(N(C(=O)O)C(C)C)cc1N(C(=O)O)C(C)C. The molecule has 1 aromatic carbocycles. The van der Waals surface area contributed by atoms with E-state index in [-0.39, 0.29) is 12.1 Å². The van der Waals surface area contributed by atoms with Crippen LogP contribution in [-0.2, 0) is 0 Å². The van der Waals surface area contributed by atoms with E-state index in [1.807, 2.05) is 0 Å². The number of aryl methyl sites for hydroxylation is 1. The molecule has 0 unspecified atom stereocenters. The number of hydrogen-bond acceptors (Lipinski definition) is 2. The fourth-order valence-corrected chi connectivity index (χ4v) is 2.24. The highest BCUT2D eigenvalue weighted by Crippen LogP contribution is 2.29. The maximum Gasteiger partial charge on any atom is 0.412 e. The lowest BCUT2D eigenvalue weighted by molar-refractivity contribution is 0.199. The molecule has 0 heterocycles. The summed E-state index contributed by atoms with van der Waals surface area (Å²) in [5, 5.41) is 18.7. The second kappa shape index (κ2) is 6.47. The number of carboxylic acid groups (broad SMARTS) is 2. The Morgan fingerprint density at radius 2 is 1.43 bits per heavy atom. The maximum absolute atomic E-state index is 11.4. The fraction of sp³-hybridized carbons (Fsp3) is 0.467. The minimum atomic E-state index is -1.06. The third-order valence-corrected chi connectivity index (χ3v) is 3.18. The quantitative estimate of drug-likeness (QED) is 0.885. The first-order valence-electron chi connectivity index (χ1n) is 6.81. The molecule has 0 aromatic heterocycles. The first-order chi connectivity index (χ1) is 9.66. The molecule has 0 spiro atoms. The van der Waals surface area contributed by atoms with Crippen LogP contribution in [0.3, 0.4) is 0 Å². The molecule has 0 bridgehead atoms. The normalized spacial score (nSPS) is 10.8. The predicted molar refractivity (Wildman–Crippen MR) is 82.5 cm³/mol. The molecule has 0 fully saturated rings. The largest absolute Gasteiger partial charge is 0.465 e. The Kier molecular flexibility index (Phi) is 5.18.